The first-order valence-corrected chi connectivity index (χ1v) is 6.46. The molecular weight excluding hydrogens is 224 g/mol. The Kier molecular flexibility index (Phi) is 4.53. The van der Waals surface area contributed by atoms with Crippen molar-refractivity contribution in [1.29, 1.82) is 0 Å². The molecule has 18 heavy (non-hydrogen) atoms. The van der Waals surface area contributed by atoms with Crippen LogP contribution in [0, 0.1) is 0 Å². The van der Waals surface area contributed by atoms with Crippen molar-refractivity contribution in [2.45, 2.75) is 26.3 Å². The van der Waals surface area contributed by atoms with Gasteiger partial charge in [0.05, 0.1) is 18.3 Å². The number of hydrogen-bond acceptors (Lipinski definition) is 3. The third-order valence-electron chi connectivity index (χ3n) is 2.71. The van der Waals surface area contributed by atoms with Gasteiger partial charge >= 0.3 is 0 Å². The summed E-state index contributed by atoms with van der Waals surface area (Å²) in [5, 5.41) is 4.49. The van der Waals surface area contributed by atoms with Crippen LogP contribution in [0.25, 0.3) is 10.9 Å². The molecule has 0 aliphatic rings. The normalized spacial score (nSPS) is 11.1. The highest BCUT2D eigenvalue weighted by Crippen LogP contribution is 2.17. The van der Waals surface area contributed by atoms with Gasteiger partial charge in [0.1, 0.15) is 5.75 Å². The molecule has 0 aliphatic heterocycles. The second-order valence-electron chi connectivity index (χ2n) is 4.67. The van der Waals surface area contributed by atoms with Gasteiger partial charge < -0.3 is 10.1 Å². The van der Waals surface area contributed by atoms with Crippen LogP contribution in [0.2, 0.25) is 0 Å². The molecule has 0 amide bonds. The minimum atomic E-state index is 0.535. The fraction of sp³-hybridized carbons (Fsp3) is 0.400. The molecule has 2 rings (SSSR count). The fourth-order valence-electron chi connectivity index (χ4n) is 1.78. The molecule has 1 aromatic heterocycles. The highest BCUT2D eigenvalue weighted by Gasteiger charge is 1.98. The Balaban J connectivity index is 1.84. The van der Waals surface area contributed by atoms with Crippen LogP contribution in [-0.2, 0) is 0 Å². The summed E-state index contributed by atoms with van der Waals surface area (Å²) in [7, 11) is 0. The largest absolute Gasteiger partial charge is 0.492 e. The standard InChI is InChI=1S/C15H20N2O/c1-12(2)16-8-5-9-18-14-10-13-6-3-4-7-15(13)17-11-14/h3-4,6-7,10-12,16H,5,8-9H2,1-2H3. The fourth-order valence-corrected chi connectivity index (χ4v) is 1.78. The Bertz CT molecular complexity index is 497. The van der Waals surface area contributed by atoms with Crippen molar-refractivity contribution in [3.05, 3.63) is 36.5 Å². The summed E-state index contributed by atoms with van der Waals surface area (Å²) < 4.78 is 5.69. The van der Waals surface area contributed by atoms with E-state index in [0.717, 1.165) is 36.2 Å². The summed E-state index contributed by atoms with van der Waals surface area (Å²) in [6.45, 7) is 6.00. The third kappa shape index (κ3) is 3.70. The van der Waals surface area contributed by atoms with Crippen molar-refractivity contribution in [3.63, 3.8) is 0 Å². The molecule has 1 heterocycles. The van der Waals surface area contributed by atoms with Crippen LogP contribution in [0.5, 0.6) is 5.75 Å². The van der Waals surface area contributed by atoms with Crippen molar-refractivity contribution in [2.75, 3.05) is 13.2 Å². The Hall–Kier alpha value is -1.61. The molecule has 3 heteroatoms. The lowest BCUT2D eigenvalue weighted by Gasteiger charge is -2.09. The molecule has 0 spiro atoms. The van der Waals surface area contributed by atoms with E-state index in [1.807, 2.05) is 24.3 Å². The van der Waals surface area contributed by atoms with E-state index in [1.165, 1.54) is 0 Å². The molecule has 0 bridgehead atoms. The SMILES string of the molecule is CC(C)NCCCOc1cnc2ccccc2c1. The number of para-hydroxylation sites is 1. The smallest absolute Gasteiger partial charge is 0.138 e. The van der Waals surface area contributed by atoms with Crippen molar-refractivity contribution >= 4 is 10.9 Å². The topological polar surface area (TPSA) is 34.1 Å². The molecule has 0 saturated carbocycles. The van der Waals surface area contributed by atoms with Crippen LogP contribution in [0.3, 0.4) is 0 Å². The maximum absolute atomic E-state index is 5.69. The van der Waals surface area contributed by atoms with Crippen molar-refractivity contribution < 1.29 is 4.74 Å². The Morgan fingerprint density at radius 1 is 1.28 bits per heavy atom. The number of aromatic nitrogens is 1. The number of nitrogens with zero attached hydrogens (tertiary/aromatic N) is 1. The highest BCUT2D eigenvalue weighted by molar-refractivity contribution is 5.79. The number of nitrogens with one attached hydrogen (secondary N) is 1. The average molecular weight is 244 g/mol. The van der Waals surface area contributed by atoms with Crippen LogP contribution < -0.4 is 10.1 Å². The van der Waals surface area contributed by atoms with E-state index in [1.54, 1.807) is 6.20 Å². The Morgan fingerprint density at radius 2 is 2.11 bits per heavy atom. The molecule has 0 fully saturated rings. The summed E-state index contributed by atoms with van der Waals surface area (Å²) in [5.74, 6) is 0.846. The summed E-state index contributed by atoms with van der Waals surface area (Å²) in [5.41, 5.74) is 1.01. The van der Waals surface area contributed by atoms with E-state index in [4.69, 9.17) is 4.74 Å². The minimum Gasteiger partial charge on any atom is -0.492 e. The second-order valence-corrected chi connectivity index (χ2v) is 4.67. The van der Waals surface area contributed by atoms with E-state index in [2.05, 4.69) is 30.2 Å². The van der Waals surface area contributed by atoms with Gasteiger partial charge in [-0.25, -0.2) is 0 Å². The first-order chi connectivity index (χ1) is 8.75. The lowest BCUT2D eigenvalue weighted by atomic mass is 10.2. The molecule has 0 radical (unpaired) electrons. The molecule has 1 N–H and O–H groups in total. The van der Waals surface area contributed by atoms with Crippen LogP contribution in [0.1, 0.15) is 20.3 Å². The molecule has 0 unspecified atom stereocenters. The van der Waals surface area contributed by atoms with Crippen LogP contribution >= 0.6 is 0 Å². The maximum Gasteiger partial charge on any atom is 0.138 e. The number of hydrogen-bond donors (Lipinski definition) is 1. The van der Waals surface area contributed by atoms with E-state index < -0.39 is 0 Å². The molecule has 2 aromatic rings. The molecule has 0 aliphatic carbocycles. The van der Waals surface area contributed by atoms with Crippen molar-refractivity contribution in [2.24, 2.45) is 0 Å². The lowest BCUT2D eigenvalue weighted by molar-refractivity contribution is 0.305. The van der Waals surface area contributed by atoms with Crippen LogP contribution in [0.4, 0.5) is 0 Å². The van der Waals surface area contributed by atoms with Gasteiger partial charge in [-0.05, 0) is 25.1 Å². The second kappa shape index (κ2) is 6.36. The van der Waals surface area contributed by atoms with E-state index in [0.29, 0.717) is 6.04 Å². The average Bonchev–Trinajstić information content (AvgIpc) is 2.38. The van der Waals surface area contributed by atoms with Gasteiger partial charge in [0.25, 0.3) is 0 Å². The monoisotopic (exact) mass is 244 g/mol. The van der Waals surface area contributed by atoms with Gasteiger partial charge in [0.15, 0.2) is 0 Å². The number of rotatable bonds is 6. The molecule has 1 aromatic carbocycles. The van der Waals surface area contributed by atoms with Crippen LogP contribution in [-0.4, -0.2) is 24.2 Å². The molecule has 3 nitrogen and oxygen atoms in total. The zero-order valence-electron chi connectivity index (χ0n) is 11.0. The van der Waals surface area contributed by atoms with Gasteiger partial charge in [0, 0.05) is 11.4 Å². The van der Waals surface area contributed by atoms with E-state index >= 15 is 0 Å². The zero-order chi connectivity index (χ0) is 12.8. The molecule has 0 saturated heterocycles. The van der Waals surface area contributed by atoms with Gasteiger partial charge in [-0.2, -0.15) is 0 Å². The number of pyridine rings is 1. The number of benzene rings is 1. The Morgan fingerprint density at radius 3 is 2.94 bits per heavy atom. The summed E-state index contributed by atoms with van der Waals surface area (Å²) in [6.07, 6.45) is 2.79. The maximum atomic E-state index is 5.69. The summed E-state index contributed by atoms with van der Waals surface area (Å²) >= 11 is 0. The first kappa shape index (κ1) is 12.8. The van der Waals surface area contributed by atoms with E-state index in [9.17, 15) is 0 Å². The lowest BCUT2D eigenvalue weighted by Crippen LogP contribution is -2.24. The van der Waals surface area contributed by atoms with Crippen molar-refractivity contribution in [3.8, 4) is 5.75 Å². The summed E-state index contributed by atoms with van der Waals surface area (Å²) in [4.78, 5) is 4.37. The highest BCUT2D eigenvalue weighted by atomic mass is 16.5. The predicted molar refractivity (Wildman–Crippen MR) is 75.0 cm³/mol. The third-order valence-corrected chi connectivity index (χ3v) is 2.71. The molecule has 0 atom stereocenters. The molecule has 96 valence electrons. The summed E-state index contributed by atoms with van der Waals surface area (Å²) in [6, 6.07) is 10.6. The zero-order valence-corrected chi connectivity index (χ0v) is 11.0. The van der Waals surface area contributed by atoms with Gasteiger partial charge in [-0.15, -0.1) is 0 Å². The Labute approximate surface area is 108 Å². The minimum absolute atomic E-state index is 0.535. The van der Waals surface area contributed by atoms with Gasteiger partial charge in [-0.3, -0.25) is 4.98 Å². The van der Waals surface area contributed by atoms with Gasteiger partial charge in [-0.1, -0.05) is 32.0 Å². The number of ether oxygens (including phenoxy) is 1. The van der Waals surface area contributed by atoms with Gasteiger partial charge in [0.2, 0.25) is 0 Å². The molecular formula is C15H20N2O. The van der Waals surface area contributed by atoms with Crippen molar-refractivity contribution in [1.82, 2.24) is 10.3 Å². The number of fused-ring (bicyclic) bond motifs is 1. The van der Waals surface area contributed by atoms with Crippen LogP contribution in [0.15, 0.2) is 36.5 Å². The first-order valence-electron chi connectivity index (χ1n) is 6.46. The quantitative estimate of drug-likeness (QED) is 0.793. The van der Waals surface area contributed by atoms with E-state index in [-0.39, 0.29) is 0 Å². The predicted octanol–water partition coefficient (Wildman–Crippen LogP) is 3.00.